The maximum atomic E-state index is 10.2. The number of aliphatic carboxylic acids is 1. The largest absolute Gasteiger partial charge is 0.550 e. The molecule has 3 N–H and O–H groups in total. The fourth-order valence-corrected chi connectivity index (χ4v) is 11.7. The summed E-state index contributed by atoms with van der Waals surface area (Å²) in [5, 5.41) is 10.2. The quantitative estimate of drug-likeness (QED) is 0.0340. The third kappa shape index (κ3) is 27.9. The summed E-state index contributed by atoms with van der Waals surface area (Å²) in [6.45, 7) is 35.0. The lowest BCUT2D eigenvalue weighted by Gasteiger charge is -2.64. The molecule has 0 aromatic heterocycles. The molecule has 87 heavy (non-hydrogen) atoms. The Labute approximate surface area is 532 Å². The Bertz CT molecular complexity index is 1520. The van der Waals surface area contributed by atoms with E-state index in [1.165, 1.54) is 64.2 Å². The molecule has 19 heteroatoms. The number of carbonyl (C=O) groups excluding carboxylic acids is 1. The van der Waals surface area contributed by atoms with E-state index in [0.717, 1.165) is 70.6 Å². The van der Waals surface area contributed by atoms with E-state index >= 15 is 0 Å². The number of allylic oxidation sites excluding steroid dienone is 2. The zero-order valence-electron chi connectivity index (χ0n) is 59.1. The molecule has 0 aromatic rings. The summed E-state index contributed by atoms with van der Waals surface area (Å²) in [5.41, 5.74) is 4.56. The van der Waals surface area contributed by atoms with E-state index in [1.54, 1.807) is 0 Å². The van der Waals surface area contributed by atoms with Crippen LogP contribution in [0.2, 0.25) is 0 Å². The maximum Gasteiger partial charge on any atom is 0.377 e. The minimum absolute atomic E-state index is 0.0194. The Hall–Kier alpha value is -1.47. The van der Waals surface area contributed by atoms with E-state index in [9.17, 15) is 9.90 Å². The lowest BCUT2D eigenvalue weighted by molar-refractivity contribution is -0.718. The van der Waals surface area contributed by atoms with Crippen molar-refractivity contribution in [2.45, 2.75) is 319 Å². The van der Waals surface area contributed by atoms with Gasteiger partial charge in [-0.1, -0.05) is 115 Å². The summed E-state index contributed by atoms with van der Waals surface area (Å²) >= 11 is 0. The summed E-state index contributed by atoms with van der Waals surface area (Å²) in [4.78, 5) is 10.2. The zero-order chi connectivity index (χ0) is 65.7. The summed E-state index contributed by atoms with van der Waals surface area (Å²) in [5.74, 6) is -15.0. The highest BCUT2D eigenvalue weighted by molar-refractivity contribution is 5.64. The van der Waals surface area contributed by atoms with Crippen LogP contribution >= 0.6 is 0 Å². The molecule has 0 bridgehead atoms. The first-order chi connectivity index (χ1) is 42.1. The molecule has 522 valence electrons. The number of carboxylic acids is 1. The number of unbranched alkanes of at least 4 members (excludes halogenated alkanes) is 18. The van der Waals surface area contributed by atoms with Gasteiger partial charge >= 0.3 is 11.7 Å². The second kappa shape index (κ2) is 54.0. The molecule has 0 aromatic carbocycles. The van der Waals surface area contributed by atoms with Gasteiger partial charge in [-0.05, 0) is 162 Å². The van der Waals surface area contributed by atoms with Crippen LogP contribution in [-0.4, -0.2) is 159 Å². The van der Waals surface area contributed by atoms with Gasteiger partial charge in [-0.3, -0.25) is 15.2 Å². The van der Waals surface area contributed by atoms with Gasteiger partial charge in [0, 0.05) is 105 Å². The van der Waals surface area contributed by atoms with Gasteiger partial charge in [0.05, 0.1) is 13.2 Å². The molecule has 0 amide bonds. The molecule has 0 radical (unpaired) electrons. The van der Waals surface area contributed by atoms with Gasteiger partial charge in [-0.15, -0.1) is 0 Å². The van der Waals surface area contributed by atoms with Gasteiger partial charge in [-0.25, -0.2) is 0 Å². The second-order valence-electron chi connectivity index (χ2n) is 21.1. The van der Waals surface area contributed by atoms with E-state index in [1.807, 2.05) is 111 Å². The van der Waals surface area contributed by atoms with Crippen LogP contribution < -0.4 is 10.8 Å². The van der Waals surface area contributed by atoms with E-state index in [2.05, 4.69) is 24.8 Å². The third-order valence-electron chi connectivity index (χ3n) is 14.7. The highest BCUT2D eigenvalue weighted by Crippen LogP contribution is 2.59. The number of hydrogen-bond donors (Lipinski definition) is 1. The lowest BCUT2D eigenvalue weighted by Crippen LogP contribution is -2.96. The van der Waals surface area contributed by atoms with Crippen LogP contribution in [0.4, 0.5) is 0 Å². The predicted molar refractivity (Wildman–Crippen MR) is 342 cm³/mol. The van der Waals surface area contributed by atoms with Gasteiger partial charge in [0.15, 0.2) is 0 Å². The van der Waals surface area contributed by atoms with Crippen molar-refractivity contribution < 1.29 is 91.4 Å². The summed E-state index contributed by atoms with van der Waals surface area (Å²) in [6, 6.07) is 0. The van der Waals surface area contributed by atoms with E-state index in [4.69, 9.17) is 75.8 Å². The van der Waals surface area contributed by atoms with Crippen molar-refractivity contribution in [3.8, 4) is 0 Å². The van der Waals surface area contributed by atoms with Crippen molar-refractivity contribution in [3.63, 3.8) is 0 Å². The molecule has 19 nitrogen and oxygen atoms in total. The number of carbonyl (C=O) groups is 1. The average Bonchev–Trinajstić information content (AvgIpc) is 0.694. The molecule has 0 rings (SSSR count). The highest BCUT2D eigenvalue weighted by Gasteiger charge is 2.90. The normalized spacial score (nSPS) is 13.4. The summed E-state index contributed by atoms with van der Waals surface area (Å²) in [7, 11) is 0. The molecule has 0 aliphatic carbocycles. The van der Waals surface area contributed by atoms with Crippen LogP contribution in [0, 0.1) is 0 Å². The molecule has 0 saturated heterocycles. The Balaban J connectivity index is 0. The fraction of sp³-hybridized carbons (Fsp3) is 0.956. The smallest absolute Gasteiger partial charge is 0.377 e. The monoisotopic (exact) mass is 1260 g/mol. The van der Waals surface area contributed by atoms with E-state index in [-0.39, 0.29) is 85.7 Å². The molecule has 0 saturated carbocycles. The predicted octanol–water partition coefficient (Wildman–Crippen LogP) is 13.6. The first-order valence-electron chi connectivity index (χ1n) is 35.0. The molecule has 1 atom stereocenters. The third-order valence-corrected chi connectivity index (χ3v) is 14.7. The van der Waals surface area contributed by atoms with Gasteiger partial charge in [0.25, 0.3) is 29.1 Å². The molecule has 0 heterocycles. The van der Waals surface area contributed by atoms with Crippen LogP contribution in [-0.2, 0) is 80.6 Å². The number of quaternary nitrogens is 1. The van der Waals surface area contributed by atoms with Crippen molar-refractivity contribution in [2.24, 2.45) is 0 Å². The Morgan fingerprint density at radius 1 is 0.345 bits per heavy atom. The Morgan fingerprint density at radius 3 is 1.01 bits per heavy atom. The van der Waals surface area contributed by atoms with Crippen LogP contribution in [0.5, 0.6) is 0 Å². The van der Waals surface area contributed by atoms with Crippen molar-refractivity contribution in [2.75, 3.05) is 106 Å². The molecule has 0 fully saturated rings. The molecule has 0 aliphatic rings. The van der Waals surface area contributed by atoms with Crippen LogP contribution in [0.15, 0.2) is 12.2 Å². The van der Waals surface area contributed by atoms with Crippen LogP contribution in [0.3, 0.4) is 0 Å². The maximum absolute atomic E-state index is 10.2. The van der Waals surface area contributed by atoms with Crippen LogP contribution in [0.1, 0.15) is 272 Å². The molecule has 0 spiro atoms. The minimum atomic E-state index is -2.38. The first-order valence-corrected chi connectivity index (χ1v) is 35.0. The van der Waals surface area contributed by atoms with Gasteiger partial charge in [-0.2, -0.15) is 0 Å². The zero-order valence-corrected chi connectivity index (χ0v) is 59.1. The summed E-state index contributed by atoms with van der Waals surface area (Å²) in [6.07, 6.45) is 29.3. The highest BCUT2D eigenvalue weighted by atomic mass is 16.9. The number of hydrogen-bond acceptors (Lipinski definition) is 18. The topological polar surface area (TPSA) is 215 Å². The number of rotatable bonds is 64. The second-order valence-corrected chi connectivity index (χ2v) is 21.1. The molecule has 0 aliphatic heterocycles. The standard InChI is InChI=1S/C50H103NO16.C18H34O2/c1-17-52-43(41-39-37-35-33-34-36-38-40-42-44(53-18-2,54-19-3)55-20-4)45(56-21-5,57-22-6)46(58-23-7,59-24-8)47(60-25-9,61-26-10)48(62-27-11,63-28-12)49(64-29-13,65-30-14)50(51,66-31-15)67-32-16;1-2-3-4-5-6-7-8-9-10-11-12-13-14-15-16-17-18(19)20/h43H,17-42,51H2,1-16H3;9-10H,2-8,11-17H2,1H3,(H,19,20)/b;10-9-. The first kappa shape index (κ1) is 87.6. The van der Waals surface area contributed by atoms with Gasteiger partial charge in [0.1, 0.15) is 6.10 Å². The number of ether oxygens (including phenoxy) is 16. The SMILES string of the molecule is CCCCCCCC/C=C\CCCCCCCC(=O)[O-].CCOC(CCCCCCCCCCC(OCC)(OCC)OCC)C(OCC)(OCC)C(OCC)(OCC)C(OCC)(OCC)C(OCC)(OCC)C(OCC)(OCC)C([NH3+])(OCC)OCC. The fourth-order valence-electron chi connectivity index (χ4n) is 11.7. The number of carboxylic acid groups (broad SMARTS) is 1. The van der Waals surface area contributed by atoms with E-state index in [0.29, 0.717) is 39.3 Å². The Morgan fingerprint density at radius 2 is 0.655 bits per heavy atom. The van der Waals surface area contributed by atoms with E-state index < -0.39 is 52.9 Å². The van der Waals surface area contributed by atoms with Gasteiger partial charge < -0.3 is 76.2 Å². The lowest BCUT2D eigenvalue weighted by atomic mass is 9.78. The van der Waals surface area contributed by atoms with Crippen molar-refractivity contribution >= 4 is 5.97 Å². The van der Waals surface area contributed by atoms with Crippen molar-refractivity contribution in [1.82, 2.24) is 0 Å². The van der Waals surface area contributed by atoms with Crippen molar-refractivity contribution in [1.29, 1.82) is 0 Å². The molecular weight excluding hydrogens is 1120 g/mol. The van der Waals surface area contributed by atoms with Crippen molar-refractivity contribution in [3.05, 3.63) is 12.2 Å². The molecular formula is C68H137NO18. The molecule has 1 unspecified atom stereocenters. The minimum Gasteiger partial charge on any atom is -0.550 e. The Kier molecular flexibility index (Phi) is 54.3. The van der Waals surface area contributed by atoms with Crippen LogP contribution in [0.25, 0.3) is 0 Å². The average molecular weight is 1260 g/mol. The van der Waals surface area contributed by atoms with Gasteiger partial charge in [0.2, 0.25) is 0 Å². The summed E-state index contributed by atoms with van der Waals surface area (Å²) < 4.78 is 108.